The van der Waals surface area contributed by atoms with Crippen LogP contribution in [0.3, 0.4) is 0 Å². The highest BCUT2D eigenvalue weighted by Gasteiger charge is 2.13. The van der Waals surface area contributed by atoms with Gasteiger partial charge in [-0.1, -0.05) is 0 Å². The third-order valence-electron chi connectivity index (χ3n) is 2.52. The van der Waals surface area contributed by atoms with E-state index in [1.807, 2.05) is 0 Å². The summed E-state index contributed by atoms with van der Waals surface area (Å²) in [5, 5.41) is 13.0. The lowest BCUT2D eigenvalue weighted by Gasteiger charge is -2.06. The molecule has 0 bridgehead atoms. The number of hydrogen-bond donors (Lipinski definition) is 3. The van der Waals surface area contributed by atoms with Gasteiger partial charge in [0.25, 0.3) is 11.6 Å². The number of nitrogens with zero attached hydrogens (tertiary/aromatic N) is 2. The molecule has 21 heavy (non-hydrogen) atoms. The van der Waals surface area contributed by atoms with E-state index in [2.05, 4.69) is 15.7 Å². The fourth-order valence-corrected chi connectivity index (χ4v) is 1.61. The molecule has 1 amide bonds. The number of anilines is 2. The molecule has 1 heterocycles. The lowest BCUT2D eigenvalue weighted by Crippen LogP contribution is -2.14. The fourth-order valence-electron chi connectivity index (χ4n) is 1.61. The molecule has 1 aromatic carbocycles. The number of halogens is 1. The smallest absolute Gasteiger partial charge is 0.274 e. The van der Waals surface area contributed by atoms with Crippen molar-refractivity contribution in [2.45, 2.75) is 0 Å². The Bertz CT molecular complexity index is 707. The summed E-state index contributed by atoms with van der Waals surface area (Å²) in [6, 6.07) is 5.60. The molecule has 0 aliphatic rings. The first-order valence-corrected chi connectivity index (χ1v) is 5.68. The minimum Gasteiger partial charge on any atom is -0.322 e. The molecular formula is C12H10FN5O3. The van der Waals surface area contributed by atoms with Crippen molar-refractivity contribution >= 4 is 23.1 Å². The van der Waals surface area contributed by atoms with Gasteiger partial charge < -0.3 is 10.7 Å². The van der Waals surface area contributed by atoms with Crippen LogP contribution in [0.4, 0.5) is 21.6 Å². The Labute approximate surface area is 117 Å². The van der Waals surface area contributed by atoms with Crippen LogP contribution < -0.4 is 16.6 Å². The molecule has 0 fully saturated rings. The molecule has 0 unspecified atom stereocenters. The van der Waals surface area contributed by atoms with E-state index in [0.29, 0.717) is 0 Å². The molecule has 4 N–H and O–H groups in total. The van der Waals surface area contributed by atoms with Gasteiger partial charge in [0, 0.05) is 17.8 Å². The Morgan fingerprint density at radius 2 is 2.10 bits per heavy atom. The summed E-state index contributed by atoms with van der Waals surface area (Å²) in [6.07, 6.45) is 1.36. The summed E-state index contributed by atoms with van der Waals surface area (Å²) in [7, 11) is 0. The molecule has 0 spiro atoms. The first-order valence-electron chi connectivity index (χ1n) is 5.68. The molecular weight excluding hydrogens is 281 g/mol. The summed E-state index contributed by atoms with van der Waals surface area (Å²) < 4.78 is 13.3. The van der Waals surface area contributed by atoms with Crippen LogP contribution in [-0.2, 0) is 0 Å². The maximum atomic E-state index is 13.3. The predicted octanol–water partition coefficient (Wildman–Crippen LogP) is 1.67. The summed E-state index contributed by atoms with van der Waals surface area (Å²) >= 11 is 0. The topological polar surface area (TPSA) is 123 Å². The summed E-state index contributed by atoms with van der Waals surface area (Å²) in [5.41, 5.74) is 2.01. The van der Waals surface area contributed by atoms with Gasteiger partial charge in [-0.05, 0) is 18.2 Å². The second-order valence-electron chi connectivity index (χ2n) is 3.98. The number of pyridine rings is 1. The van der Waals surface area contributed by atoms with Crippen LogP contribution in [0, 0.1) is 15.9 Å². The zero-order valence-electron chi connectivity index (χ0n) is 10.5. The minimum atomic E-state index is -0.821. The number of aromatic nitrogens is 1. The molecule has 0 aliphatic carbocycles. The quantitative estimate of drug-likeness (QED) is 0.447. The van der Waals surface area contributed by atoms with E-state index < -0.39 is 22.3 Å². The maximum absolute atomic E-state index is 13.3. The fraction of sp³-hybridized carbons (Fsp3) is 0. The van der Waals surface area contributed by atoms with Crippen molar-refractivity contribution in [1.29, 1.82) is 0 Å². The van der Waals surface area contributed by atoms with Crippen molar-refractivity contribution in [2.24, 2.45) is 5.84 Å². The standard InChI is InChI=1S/C12H10FN5O3/c13-8-4-9(6-10(5-8)18(20)21)16-12(19)7-1-2-15-11(3-7)17-14/h1-6H,14H2,(H,15,17)(H,16,19). The van der Waals surface area contributed by atoms with Gasteiger partial charge in [0.1, 0.15) is 11.6 Å². The largest absolute Gasteiger partial charge is 0.322 e. The molecule has 2 aromatic rings. The van der Waals surface area contributed by atoms with E-state index in [-0.39, 0.29) is 17.1 Å². The van der Waals surface area contributed by atoms with E-state index in [4.69, 9.17) is 5.84 Å². The van der Waals surface area contributed by atoms with Crippen molar-refractivity contribution in [3.8, 4) is 0 Å². The van der Waals surface area contributed by atoms with Crippen LogP contribution >= 0.6 is 0 Å². The Balaban J connectivity index is 2.24. The van der Waals surface area contributed by atoms with E-state index in [0.717, 1.165) is 18.2 Å². The van der Waals surface area contributed by atoms with Crippen molar-refractivity contribution < 1.29 is 14.1 Å². The van der Waals surface area contributed by atoms with Crippen LogP contribution in [0.2, 0.25) is 0 Å². The Morgan fingerprint density at radius 3 is 2.76 bits per heavy atom. The normalized spacial score (nSPS) is 10.0. The number of hydrazine groups is 1. The number of nitro groups is 1. The van der Waals surface area contributed by atoms with Gasteiger partial charge in [0.2, 0.25) is 0 Å². The van der Waals surface area contributed by atoms with Crippen molar-refractivity contribution in [2.75, 3.05) is 10.7 Å². The highest BCUT2D eigenvalue weighted by Crippen LogP contribution is 2.20. The molecule has 8 nitrogen and oxygen atoms in total. The number of carbonyl (C=O) groups is 1. The lowest BCUT2D eigenvalue weighted by molar-refractivity contribution is -0.385. The number of benzene rings is 1. The van der Waals surface area contributed by atoms with Crippen molar-refractivity contribution in [3.05, 3.63) is 58.0 Å². The van der Waals surface area contributed by atoms with Crippen LogP contribution in [-0.4, -0.2) is 15.8 Å². The number of nitrogens with two attached hydrogens (primary N) is 1. The highest BCUT2D eigenvalue weighted by molar-refractivity contribution is 6.04. The number of non-ortho nitro benzene ring substituents is 1. The van der Waals surface area contributed by atoms with E-state index in [1.165, 1.54) is 18.3 Å². The monoisotopic (exact) mass is 291 g/mol. The van der Waals surface area contributed by atoms with Crippen molar-refractivity contribution in [3.63, 3.8) is 0 Å². The number of hydrogen-bond acceptors (Lipinski definition) is 6. The molecule has 0 saturated heterocycles. The number of nitro benzene ring substituents is 1. The zero-order valence-corrected chi connectivity index (χ0v) is 10.5. The van der Waals surface area contributed by atoms with Crippen LogP contribution in [0.5, 0.6) is 0 Å². The van der Waals surface area contributed by atoms with Crippen molar-refractivity contribution in [1.82, 2.24) is 4.98 Å². The van der Waals surface area contributed by atoms with Gasteiger partial charge in [-0.25, -0.2) is 15.2 Å². The van der Waals surface area contributed by atoms with E-state index in [9.17, 15) is 19.3 Å². The van der Waals surface area contributed by atoms with Gasteiger partial charge in [0.15, 0.2) is 0 Å². The third kappa shape index (κ3) is 3.48. The van der Waals surface area contributed by atoms with E-state index >= 15 is 0 Å². The second-order valence-corrected chi connectivity index (χ2v) is 3.98. The number of rotatable bonds is 4. The highest BCUT2D eigenvalue weighted by atomic mass is 19.1. The minimum absolute atomic E-state index is 0.0224. The Morgan fingerprint density at radius 1 is 1.33 bits per heavy atom. The van der Waals surface area contributed by atoms with Crippen LogP contribution in [0.1, 0.15) is 10.4 Å². The Hall–Kier alpha value is -3.07. The third-order valence-corrected chi connectivity index (χ3v) is 2.52. The summed E-state index contributed by atoms with van der Waals surface area (Å²) in [5.74, 6) is 4.05. The second kappa shape index (κ2) is 5.92. The number of nitrogen functional groups attached to an aromatic ring is 1. The molecule has 2 rings (SSSR count). The first kappa shape index (κ1) is 14.3. The molecule has 108 valence electrons. The molecule has 9 heteroatoms. The number of amides is 1. The van der Waals surface area contributed by atoms with E-state index in [1.54, 1.807) is 0 Å². The Kier molecular flexibility index (Phi) is 4.05. The van der Waals surface area contributed by atoms with Gasteiger partial charge >= 0.3 is 0 Å². The van der Waals surface area contributed by atoms with Crippen LogP contribution in [0.15, 0.2) is 36.5 Å². The molecule has 0 saturated carbocycles. The molecule has 0 aliphatic heterocycles. The SMILES string of the molecule is NNc1cc(C(=O)Nc2cc(F)cc([N+](=O)[O-])c2)ccn1. The molecule has 1 aromatic heterocycles. The number of carbonyl (C=O) groups excluding carboxylic acids is 1. The summed E-state index contributed by atoms with van der Waals surface area (Å²) in [4.78, 5) is 25.7. The van der Waals surface area contributed by atoms with Gasteiger partial charge in [-0.2, -0.15) is 0 Å². The predicted molar refractivity (Wildman–Crippen MR) is 73.1 cm³/mol. The molecule has 0 radical (unpaired) electrons. The average molecular weight is 291 g/mol. The maximum Gasteiger partial charge on any atom is 0.274 e. The molecule has 0 atom stereocenters. The van der Waals surface area contributed by atoms with Crippen LogP contribution in [0.25, 0.3) is 0 Å². The van der Waals surface area contributed by atoms with Gasteiger partial charge in [0.05, 0.1) is 16.7 Å². The average Bonchev–Trinajstić information content (AvgIpc) is 2.46. The summed E-state index contributed by atoms with van der Waals surface area (Å²) in [6.45, 7) is 0. The lowest BCUT2D eigenvalue weighted by atomic mass is 10.2. The number of nitrogens with one attached hydrogen (secondary N) is 2. The van der Waals surface area contributed by atoms with Gasteiger partial charge in [-0.15, -0.1) is 0 Å². The van der Waals surface area contributed by atoms with Gasteiger partial charge in [-0.3, -0.25) is 14.9 Å². The first-order chi connectivity index (χ1) is 9.99. The zero-order chi connectivity index (χ0) is 15.4.